The lowest BCUT2D eigenvalue weighted by Gasteiger charge is -2.00. The van der Waals surface area contributed by atoms with E-state index in [1.165, 1.54) is 0 Å². The van der Waals surface area contributed by atoms with Crippen LogP contribution < -0.4 is 0 Å². The van der Waals surface area contributed by atoms with Crippen molar-refractivity contribution in [2.75, 3.05) is 6.61 Å². The highest BCUT2D eigenvalue weighted by Crippen LogP contribution is 2.27. The third kappa shape index (κ3) is 1.84. The maximum atomic E-state index is 5.79. The third-order valence-electron chi connectivity index (χ3n) is 2.02. The first-order chi connectivity index (χ1) is 6.27. The van der Waals surface area contributed by atoms with Gasteiger partial charge in [-0.2, -0.15) is 4.98 Å². The number of hydrogen-bond donors (Lipinski definition) is 0. The molecule has 0 amide bonds. The molecule has 1 saturated heterocycles. The smallest absolute Gasteiger partial charge is 0.244 e. The van der Waals surface area contributed by atoms with Gasteiger partial charge in [-0.15, -0.1) is 11.6 Å². The third-order valence-corrected chi connectivity index (χ3v) is 2.20. The first-order valence-electron chi connectivity index (χ1n) is 4.36. The minimum Gasteiger partial charge on any atom is -0.370 e. The molecule has 1 aromatic rings. The van der Waals surface area contributed by atoms with Crippen molar-refractivity contribution in [3.63, 3.8) is 0 Å². The Morgan fingerprint density at radius 2 is 2.46 bits per heavy atom. The van der Waals surface area contributed by atoms with Crippen molar-refractivity contribution in [2.24, 2.45) is 0 Å². The van der Waals surface area contributed by atoms with Crippen LogP contribution in [0.1, 0.15) is 43.0 Å². The highest BCUT2D eigenvalue weighted by Gasteiger charge is 2.23. The molecule has 0 aliphatic carbocycles. The van der Waals surface area contributed by atoms with Gasteiger partial charge < -0.3 is 9.26 Å². The number of rotatable bonds is 2. The molecule has 2 unspecified atom stereocenters. The molecule has 13 heavy (non-hydrogen) atoms. The topological polar surface area (TPSA) is 48.2 Å². The first kappa shape index (κ1) is 8.97. The van der Waals surface area contributed by atoms with Crippen LogP contribution >= 0.6 is 11.6 Å². The van der Waals surface area contributed by atoms with E-state index in [9.17, 15) is 0 Å². The zero-order valence-electron chi connectivity index (χ0n) is 7.36. The molecule has 72 valence electrons. The van der Waals surface area contributed by atoms with E-state index in [-0.39, 0.29) is 11.5 Å². The number of hydrogen-bond acceptors (Lipinski definition) is 4. The molecule has 0 bridgehead atoms. The lowest BCUT2D eigenvalue weighted by atomic mass is 10.2. The molecule has 1 aromatic heterocycles. The molecule has 0 spiro atoms. The Kier molecular flexibility index (Phi) is 2.51. The van der Waals surface area contributed by atoms with E-state index in [2.05, 4.69) is 10.1 Å². The van der Waals surface area contributed by atoms with Gasteiger partial charge in [0.15, 0.2) is 0 Å². The number of halogens is 1. The summed E-state index contributed by atoms with van der Waals surface area (Å²) in [4.78, 5) is 4.16. The summed E-state index contributed by atoms with van der Waals surface area (Å²) >= 11 is 5.79. The molecule has 1 aliphatic heterocycles. The van der Waals surface area contributed by atoms with Crippen molar-refractivity contribution < 1.29 is 9.26 Å². The largest absolute Gasteiger partial charge is 0.370 e. The van der Waals surface area contributed by atoms with E-state index < -0.39 is 0 Å². The fourth-order valence-corrected chi connectivity index (χ4v) is 1.41. The summed E-state index contributed by atoms with van der Waals surface area (Å²) in [6.45, 7) is 2.58. The van der Waals surface area contributed by atoms with E-state index in [0.29, 0.717) is 11.7 Å². The van der Waals surface area contributed by atoms with Crippen molar-refractivity contribution in [3.8, 4) is 0 Å². The van der Waals surface area contributed by atoms with Crippen LogP contribution in [0, 0.1) is 0 Å². The Bertz CT molecular complexity index is 281. The summed E-state index contributed by atoms with van der Waals surface area (Å²) in [6, 6.07) is 0. The summed E-state index contributed by atoms with van der Waals surface area (Å²) < 4.78 is 10.4. The minimum absolute atomic E-state index is 0.00733. The van der Waals surface area contributed by atoms with Gasteiger partial charge >= 0.3 is 0 Å². The van der Waals surface area contributed by atoms with Crippen LogP contribution in [0.4, 0.5) is 0 Å². The molecule has 0 saturated carbocycles. The maximum absolute atomic E-state index is 5.79. The van der Waals surface area contributed by atoms with Gasteiger partial charge in [-0.3, -0.25) is 0 Å². The monoisotopic (exact) mass is 202 g/mol. The standard InChI is InChI=1S/C8H11ClN2O2/c1-5(9)8-10-7(11-13-8)6-3-2-4-12-6/h5-6H,2-4H2,1H3. The second kappa shape index (κ2) is 3.64. The van der Waals surface area contributed by atoms with Gasteiger partial charge in [0.1, 0.15) is 11.5 Å². The number of alkyl halides is 1. The number of ether oxygens (including phenoxy) is 1. The van der Waals surface area contributed by atoms with Crippen LogP contribution in [0.5, 0.6) is 0 Å². The van der Waals surface area contributed by atoms with E-state index in [4.69, 9.17) is 20.9 Å². The predicted molar refractivity (Wildman–Crippen MR) is 46.5 cm³/mol. The maximum Gasteiger partial charge on any atom is 0.244 e. The Balaban J connectivity index is 2.12. The Morgan fingerprint density at radius 3 is 3.00 bits per heavy atom. The SMILES string of the molecule is CC(Cl)c1nc(C2CCCO2)no1. The molecule has 0 aromatic carbocycles. The van der Waals surface area contributed by atoms with E-state index >= 15 is 0 Å². The van der Waals surface area contributed by atoms with Gasteiger partial charge in [0.25, 0.3) is 0 Å². The van der Waals surface area contributed by atoms with Gasteiger partial charge in [0.2, 0.25) is 11.7 Å². The predicted octanol–water partition coefficient (Wildman–Crippen LogP) is 2.22. The zero-order valence-corrected chi connectivity index (χ0v) is 8.12. The van der Waals surface area contributed by atoms with Crippen molar-refractivity contribution in [3.05, 3.63) is 11.7 Å². The summed E-state index contributed by atoms with van der Waals surface area (Å²) in [5, 5.41) is 3.59. The van der Waals surface area contributed by atoms with E-state index in [0.717, 1.165) is 19.4 Å². The molecule has 5 heteroatoms. The molecule has 2 atom stereocenters. The molecule has 0 radical (unpaired) electrons. The van der Waals surface area contributed by atoms with Crippen molar-refractivity contribution in [2.45, 2.75) is 31.2 Å². The van der Waals surface area contributed by atoms with Gasteiger partial charge in [0.05, 0.1) is 0 Å². The Hall–Kier alpha value is -0.610. The van der Waals surface area contributed by atoms with E-state index in [1.807, 2.05) is 0 Å². The normalized spacial score (nSPS) is 24.9. The second-order valence-corrected chi connectivity index (χ2v) is 3.76. The Morgan fingerprint density at radius 1 is 1.62 bits per heavy atom. The zero-order chi connectivity index (χ0) is 9.26. The van der Waals surface area contributed by atoms with Crippen LogP contribution in [0.15, 0.2) is 4.52 Å². The van der Waals surface area contributed by atoms with Crippen molar-refractivity contribution in [1.82, 2.24) is 10.1 Å². The second-order valence-electron chi connectivity index (χ2n) is 3.11. The number of aromatic nitrogens is 2. The molecular weight excluding hydrogens is 192 g/mol. The van der Waals surface area contributed by atoms with Crippen LogP contribution in [0.25, 0.3) is 0 Å². The van der Waals surface area contributed by atoms with Crippen LogP contribution in [-0.4, -0.2) is 16.7 Å². The molecule has 1 aliphatic rings. The van der Waals surface area contributed by atoms with E-state index in [1.54, 1.807) is 6.92 Å². The van der Waals surface area contributed by atoms with Crippen molar-refractivity contribution in [1.29, 1.82) is 0 Å². The fourth-order valence-electron chi connectivity index (χ4n) is 1.32. The first-order valence-corrected chi connectivity index (χ1v) is 4.80. The lowest BCUT2D eigenvalue weighted by Crippen LogP contribution is -1.98. The molecule has 2 rings (SSSR count). The summed E-state index contributed by atoms with van der Waals surface area (Å²) in [7, 11) is 0. The highest BCUT2D eigenvalue weighted by molar-refractivity contribution is 6.20. The molecule has 2 heterocycles. The summed E-state index contributed by atoms with van der Waals surface area (Å²) in [5.74, 6) is 1.09. The van der Waals surface area contributed by atoms with Gasteiger partial charge in [-0.05, 0) is 19.8 Å². The van der Waals surface area contributed by atoms with Crippen LogP contribution in [0.2, 0.25) is 0 Å². The quantitative estimate of drug-likeness (QED) is 0.690. The minimum atomic E-state index is -0.234. The van der Waals surface area contributed by atoms with Gasteiger partial charge in [-0.1, -0.05) is 5.16 Å². The molecule has 4 nitrogen and oxygen atoms in total. The Labute approximate surface area is 81.2 Å². The van der Waals surface area contributed by atoms with Crippen molar-refractivity contribution >= 4 is 11.6 Å². The summed E-state index contributed by atoms with van der Waals surface area (Å²) in [5.41, 5.74) is 0. The lowest BCUT2D eigenvalue weighted by molar-refractivity contribution is 0.103. The van der Waals surface area contributed by atoms with Crippen LogP contribution in [0.3, 0.4) is 0 Å². The van der Waals surface area contributed by atoms with Gasteiger partial charge in [0, 0.05) is 6.61 Å². The van der Waals surface area contributed by atoms with Gasteiger partial charge in [-0.25, -0.2) is 0 Å². The van der Waals surface area contributed by atoms with Crippen LogP contribution in [-0.2, 0) is 4.74 Å². The number of nitrogens with zero attached hydrogens (tertiary/aromatic N) is 2. The average molecular weight is 203 g/mol. The molecular formula is C8H11ClN2O2. The highest BCUT2D eigenvalue weighted by atomic mass is 35.5. The fraction of sp³-hybridized carbons (Fsp3) is 0.750. The molecule has 1 fully saturated rings. The molecule has 0 N–H and O–H groups in total. The average Bonchev–Trinajstić information content (AvgIpc) is 2.75. The summed E-state index contributed by atoms with van der Waals surface area (Å²) in [6.07, 6.45) is 2.04.